The van der Waals surface area contributed by atoms with Crippen molar-refractivity contribution in [1.29, 1.82) is 0 Å². The van der Waals surface area contributed by atoms with Gasteiger partial charge in [0.1, 0.15) is 12.4 Å². The van der Waals surface area contributed by atoms with E-state index in [4.69, 9.17) is 4.74 Å². The summed E-state index contributed by atoms with van der Waals surface area (Å²) in [5.74, 6) is 2.03. The van der Waals surface area contributed by atoms with Crippen LogP contribution in [0.5, 0.6) is 5.75 Å². The van der Waals surface area contributed by atoms with E-state index in [-0.39, 0.29) is 11.8 Å². The van der Waals surface area contributed by atoms with Crippen molar-refractivity contribution >= 4 is 11.9 Å². The lowest BCUT2D eigenvalue weighted by atomic mass is 10.2. The number of rotatable bonds is 9. The first kappa shape index (κ1) is 18.1. The average molecular weight is 332 g/mol. The predicted octanol–water partition coefficient (Wildman–Crippen LogP) is 1.46. The molecule has 24 heavy (non-hydrogen) atoms. The predicted molar refractivity (Wildman–Crippen MR) is 96.4 cm³/mol. The largest absolute Gasteiger partial charge is 0.492 e. The quantitative estimate of drug-likeness (QED) is 0.364. The summed E-state index contributed by atoms with van der Waals surface area (Å²) in [6.45, 7) is 7.22. The monoisotopic (exact) mass is 332 g/mol. The molecule has 3 N–H and O–H groups in total. The second-order valence-electron chi connectivity index (χ2n) is 5.92. The molecule has 1 amide bonds. The highest BCUT2D eigenvalue weighted by molar-refractivity contribution is 5.81. The Morgan fingerprint density at radius 1 is 1.25 bits per heavy atom. The maximum absolute atomic E-state index is 11.5. The first-order valence-electron chi connectivity index (χ1n) is 8.68. The van der Waals surface area contributed by atoms with Crippen molar-refractivity contribution in [2.24, 2.45) is 10.9 Å². The molecule has 0 atom stereocenters. The van der Waals surface area contributed by atoms with E-state index in [1.165, 1.54) is 5.56 Å². The molecule has 0 heterocycles. The Hall–Kier alpha value is -2.24. The van der Waals surface area contributed by atoms with Crippen LogP contribution < -0.4 is 20.7 Å². The lowest BCUT2D eigenvalue weighted by Crippen LogP contribution is -2.40. The van der Waals surface area contributed by atoms with E-state index >= 15 is 0 Å². The molecule has 1 aliphatic carbocycles. The van der Waals surface area contributed by atoms with Crippen LogP contribution in [0.4, 0.5) is 0 Å². The molecule has 0 radical (unpaired) electrons. The number of amides is 1. The number of carbonyl (C=O) groups excluding carboxylic acids is 1. The molecule has 0 aromatic heterocycles. The second kappa shape index (κ2) is 9.80. The third-order valence-electron chi connectivity index (χ3n) is 3.63. The van der Waals surface area contributed by atoms with Crippen LogP contribution in [0.3, 0.4) is 0 Å². The van der Waals surface area contributed by atoms with Gasteiger partial charge in [-0.05, 0) is 44.4 Å². The number of ether oxygens (including phenoxy) is 1. The Kier molecular flexibility index (Phi) is 7.39. The zero-order chi connectivity index (χ0) is 17.2. The maximum atomic E-state index is 11.5. The average Bonchev–Trinajstić information content (AvgIpc) is 3.40. The van der Waals surface area contributed by atoms with Crippen LogP contribution in [0, 0.1) is 12.8 Å². The third kappa shape index (κ3) is 6.89. The smallest absolute Gasteiger partial charge is 0.223 e. The fraction of sp³-hybridized carbons (Fsp3) is 0.556. The zero-order valence-electron chi connectivity index (χ0n) is 14.6. The highest BCUT2D eigenvalue weighted by Crippen LogP contribution is 2.28. The molecule has 6 heteroatoms. The highest BCUT2D eigenvalue weighted by atomic mass is 16.5. The van der Waals surface area contributed by atoms with Crippen LogP contribution in [0.25, 0.3) is 0 Å². The molecule has 0 aliphatic heterocycles. The van der Waals surface area contributed by atoms with Gasteiger partial charge in [-0.3, -0.25) is 9.79 Å². The van der Waals surface area contributed by atoms with Gasteiger partial charge in [-0.1, -0.05) is 12.1 Å². The molecule has 1 aliphatic rings. The van der Waals surface area contributed by atoms with Gasteiger partial charge >= 0.3 is 0 Å². The van der Waals surface area contributed by atoms with Crippen molar-refractivity contribution in [2.75, 3.05) is 32.8 Å². The number of hydrogen-bond acceptors (Lipinski definition) is 3. The minimum absolute atomic E-state index is 0.162. The van der Waals surface area contributed by atoms with Gasteiger partial charge in [0.2, 0.25) is 5.91 Å². The number of nitrogens with zero attached hydrogens (tertiary/aromatic N) is 1. The fourth-order valence-corrected chi connectivity index (χ4v) is 2.22. The van der Waals surface area contributed by atoms with Crippen molar-refractivity contribution in [1.82, 2.24) is 16.0 Å². The number of benzene rings is 1. The Labute approximate surface area is 144 Å². The number of guanidine groups is 1. The minimum Gasteiger partial charge on any atom is -0.492 e. The molecule has 1 aromatic carbocycles. The Morgan fingerprint density at radius 3 is 2.79 bits per heavy atom. The standard InChI is InChI=1S/C18H28N4O2/c1-3-19-18(21-10-9-20-17(23)15-7-8-15)22-11-12-24-16-6-4-5-14(2)13-16/h4-6,13,15H,3,7-12H2,1-2H3,(H,20,23)(H2,19,21,22). The minimum atomic E-state index is 0.162. The van der Waals surface area contributed by atoms with Crippen molar-refractivity contribution in [3.63, 3.8) is 0 Å². The van der Waals surface area contributed by atoms with Crippen molar-refractivity contribution in [3.8, 4) is 5.75 Å². The maximum Gasteiger partial charge on any atom is 0.223 e. The van der Waals surface area contributed by atoms with Crippen LogP contribution in [0.1, 0.15) is 25.3 Å². The van der Waals surface area contributed by atoms with Crippen LogP contribution >= 0.6 is 0 Å². The van der Waals surface area contributed by atoms with Crippen LogP contribution in [0.15, 0.2) is 29.3 Å². The van der Waals surface area contributed by atoms with E-state index in [0.29, 0.717) is 26.2 Å². The Morgan fingerprint density at radius 2 is 2.08 bits per heavy atom. The zero-order valence-corrected chi connectivity index (χ0v) is 14.6. The van der Waals surface area contributed by atoms with Crippen LogP contribution in [-0.4, -0.2) is 44.7 Å². The summed E-state index contributed by atoms with van der Waals surface area (Å²) >= 11 is 0. The summed E-state index contributed by atoms with van der Waals surface area (Å²) in [7, 11) is 0. The number of nitrogens with one attached hydrogen (secondary N) is 3. The Bertz CT molecular complexity index is 556. The lowest BCUT2D eigenvalue weighted by molar-refractivity contribution is -0.122. The first-order valence-corrected chi connectivity index (χ1v) is 8.68. The number of aryl methyl sites for hydroxylation is 1. The van der Waals surface area contributed by atoms with Gasteiger partial charge in [0.05, 0.1) is 13.1 Å². The number of hydrogen-bond donors (Lipinski definition) is 3. The van der Waals surface area contributed by atoms with E-state index in [0.717, 1.165) is 31.1 Å². The molecule has 0 unspecified atom stereocenters. The molecule has 6 nitrogen and oxygen atoms in total. The lowest BCUT2D eigenvalue weighted by Gasteiger charge is -2.12. The molecule has 2 rings (SSSR count). The van der Waals surface area contributed by atoms with Crippen molar-refractivity contribution in [3.05, 3.63) is 29.8 Å². The van der Waals surface area contributed by atoms with E-state index < -0.39 is 0 Å². The second-order valence-corrected chi connectivity index (χ2v) is 5.92. The molecule has 1 saturated carbocycles. The van der Waals surface area contributed by atoms with Gasteiger partial charge in [-0.25, -0.2) is 0 Å². The number of carbonyl (C=O) groups is 1. The molecule has 0 bridgehead atoms. The molecule has 0 spiro atoms. The first-order chi connectivity index (χ1) is 11.7. The normalized spacial score (nSPS) is 14.2. The van der Waals surface area contributed by atoms with Gasteiger partial charge in [-0.15, -0.1) is 0 Å². The Balaban J connectivity index is 1.63. The summed E-state index contributed by atoms with van der Waals surface area (Å²) < 4.78 is 5.70. The number of aliphatic imine (C=N–C) groups is 1. The summed E-state index contributed by atoms with van der Waals surface area (Å²) in [4.78, 5) is 16.0. The van der Waals surface area contributed by atoms with Gasteiger partial charge in [0.15, 0.2) is 5.96 Å². The van der Waals surface area contributed by atoms with Crippen LogP contribution in [0.2, 0.25) is 0 Å². The molecule has 1 fully saturated rings. The summed E-state index contributed by atoms with van der Waals surface area (Å²) in [6.07, 6.45) is 2.06. The summed E-state index contributed by atoms with van der Waals surface area (Å²) in [6, 6.07) is 8.00. The molecular weight excluding hydrogens is 304 g/mol. The SMILES string of the molecule is CCNC(=NCCNC(=O)C1CC1)NCCOc1cccc(C)c1. The molecule has 0 saturated heterocycles. The van der Waals surface area contributed by atoms with Gasteiger partial charge < -0.3 is 20.7 Å². The van der Waals surface area contributed by atoms with E-state index in [1.54, 1.807) is 0 Å². The van der Waals surface area contributed by atoms with Gasteiger partial charge in [0, 0.05) is 19.0 Å². The van der Waals surface area contributed by atoms with E-state index in [2.05, 4.69) is 20.9 Å². The van der Waals surface area contributed by atoms with Crippen molar-refractivity contribution in [2.45, 2.75) is 26.7 Å². The van der Waals surface area contributed by atoms with E-state index in [1.807, 2.05) is 38.1 Å². The van der Waals surface area contributed by atoms with Crippen molar-refractivity contribution < 1.29 is 9.53 Å². The third-order valence-corrected chi connectivity index (χ3v) is 3.63. The van der Waals surface area contributed by atoms with Gasteiger partial charge in [0.25, 0.3) is 0 Å². The fourth-order valence-electron chi connectivity index (χ4n) is 2.22. The topological polar surface area (TPSA) is 74.8 Å². The molecule has 132 valence electrons. The summed E-state index contributed by atoms with van der Waals surface area (Å²) in [5.41, 5.74) is 1.18. The van der Waals surface area contributed by atoms with E-state index in [9.17, 15) is 4.79 Å². The highest BCUT2D eigenvalue weighted by Gasteiger charge is 2.28. The van der Waals surface area contributed by atoms with Crippen LogP contribution in [-0.2, 0) is 4.79 Å². The van der Waals surface area contributed by atoms with Gasteiger partial charge in [-0.2, -0.15) is 0 Å². The molecular formula is C18H28N4O2. The molecule has 1 aromatic rings. The summed E-state index contributed by atoms with van der Waals surface area (Å²) in [5, 5.41) is 9.32.